The van der Waals surface area contributed by atoms with E-state index in [1.54, 1.807) is 19.2 Å². The van der Waals surface area contributed by atoms with E-state index in [1.807, 2.05) is 13.0 Å². The highest BCUT2D eigenvalue weighted by atomic mass is 32.2. The zero-order valence-electron chi connectivity index (χ0n) is 18.0. The molecule has 1 N–H and O–H groups in total. The summed E-state index contributed by atoms with van der Waals surface area (Å²) in [5.74, 6) is -0.660. The first-order valence-corrected chi connectivity index (χ1v) is 12.4. The third kappa shape index (κ3) is 4.86. The number of aryl methyl sites for hydroxylation is 2. The fourth-order valence-electron chi connectivity index (χ4n) is 3.71. The lowest BCUT2D eigenvalue weighted by molar-refractivity contribution is -0.113. The molecule has 0 aromatic carbocycles. The second-order valence-electron chi connectivity index (χ2n) is 7.55. The van der Waals surface area contributed by atoms with Gasteiger partial charge in [-0.25, -0.2) is 14.6 Å². The van der Waals surface area contributed by atoms with Crippen molar-refractivity contribution in [2.45, 2.75) is 51.1 Å². The van der Waals surface area contributed by atoms with Gasteiger partial charge in [0, 0.05) is 11.1 Å². The third-order valence-corrected chi connectivity index (χ3v) is 7.22. The number of hydrogen-bond acceptors (Lipinski definition) is 8. The summed E-state index contributed by atoms with van der Waals surface area (Å²) in [5.41, 5.74) is 2.46. The number of carbonyl (C=O) groups excluding carboxylic acids is 2. The van der Waals surface area contributed by atoms with Crippen LogP contribution in [0.25, 0.3) is 5.65 Å². The lowest BCUT2D eigenvalue weighted by Crippen LogP contribution is -2.20. The van der Waals surface area contributed by atoms with Crippen molar-refractivity contribution in [1.82, 2.24) is 14.4 Å². The Balaban J connectivity index is 1.51. The molecule has 168 valence electrons. The van der Waals surface area contributed by atoms with Crippen LogP contribution in [0.5, 0.6) is 0 Å². The molecule has 0 atom stereocenters. The molecule has 1 amide bonds. The Morgan fingerprint density at radius 1 is 1.22 bits per heavy atom. The van der Waals surface area contributed by atoms with Crippen molar-refractivity contribution in [2.75, 3.05) is 17.7 Å². The van der Waals surface area contributed by atoms with E-state index in [4.69, 9.17) is 4.74 Å². The highest BCUT2D eigenvalue weighted by molar-refractivity contribution is 7.99. The zero-order chi connectivity index (χ0) is 22.7. The van der Waals surface area contributed by atoms with Crippen molar-refractivity contribution in [3.63, 3.8) is 0 Å². The SMILES string of the molecule is CCOC(=O)c1c(NC(=O)CSc2nc(=O)n3cc(C)ccc3n2)sc2c1CCCCC2. The Kier molecular flexibility index (Phi) is 6.90. The molecule has 0 aliphatic heterocycles. The fourth-order valence-corrected chi connectivity index (χ4v) is 5.64. The Labute approximate surface area is 193 Å². The molecule has 1 aliphatic carbocycles. The highest BCUT2D eigenvalue weighted by Gasteiger charge is 2.26. The van der Waals surface area contributed by atoms with Gasteiger partial charge in [0.2, 0.25) is 5.91 Å². The van der Waals surface area contributed by atoms with Crippen molar-refractivity contribution < 1.29 is 14.3 Å². The molecule has 8 nitrogen and oxygen atoms in total. The number of nitrogens with one attached hydrogen (secondary N) is 1. The maximum absolute atomic E-state index is 12.7. The Bertz CT molecular complexity index is 1230. The third-order valence-electron chi connectivity index (χ3n) is 5.17. The smallest absolute Gasteiger partial charge is 0.355 e. The fraction of sp³-hybridized carbons (Fsp3) is 0.409. The number of thioether (sulfide) groups is 1. The molecule has 4 rings (SSSR count). The number of fused-ring (bicyclic) bond motifs is 2. The van der Waals surface area contributed by atoms with Crippen LogP contribution in [0.15, 0.2) is 28.3 Å². The molecular formula is C22H24N4O4S2. The Hall–Kier alpha value is -2.72. The minimum atomic E-state index is -0.437. The summed E-state index contributed by atoms with van der Waals surface area (Å²) >= 11 is 2.54. The van der Waals surface area contributed by atoms with Crippen molar-refractivity contribution in [1.29, 1.82) is 0 Å². The molecule has 0 unspecified atom stereocenters. The van der Waals surface area contributed by atoms with E-state index in [9.17, 15) is 14.4 Å². The molecule has 32 heavy (non-hydrogen) atoms. The number of carbonyl (C=O) groups is 2. The van der Waals surface area contributed by atoms with Crippen molar-refractivity contribution >= 4 is 45.6 Å². The molecule has 0 spiro atoms. The van der Waals surface area contributed by atoms with E-state index in [-0.39, 0.29) is 23.4 Å². The molecule has 3 aromatic rings. The Morgan fingerprint density at radius 3 is 2.84 bits per heavy atom. The molecule has 0 saturated heterocycles. The van der Waals surface area contributed by atoms with Gasteiger partial charge in [-0.05, 0) is 56.7 Å². The summed E-state index contributed by atoms with van der Waals surface area (Å²) in [4.78, 5) is 47.0. The average molecular weight is 473 g/mol. The molecule has 0 fully saturated rings. The highest BCUT2D eigenvalue weighted by Crippen LogP contribution is 2.38. The lowest BCUT2D eigenvalue weighted by Gasteiger charge is -2.08. The molecular weight excluding hydrogens is 448 g/mol. The van der Waals surface area contributed by atoms with Crippen LogP contribution >= 0.6 is 23.1 Å². The van der Waals surface area contributed by atoms with Gasteiger partial charge in [-0.2, -0.15) is 4.98 Å². The number of thiophene rings is 1. The lowest BCUT2D eigenvalue weighted by atomic mass is 10.1. The first kappa shape index (κ1) is 22.5. The van der Waals surface area contributed by atoms with E-state index < -0.39 is 11.7 Å². The standard InChI is InChI=1S/C22H24N4O4S2/c1-3-30-20(28)18-14-7-5-4-6-8-15(14)32-19(18)24-17(27)12-31-21-23-16-10-9-13(2)11-26(16)22(29)25-21/h9-11H,3-8,12H2,1-2H3,(H,24,27). The van der Waals surface area contributed by atoms with Crippen LogP contribution in [0, 0.1) is 6.92 Å². The zero-order valence-corrected chi connectivity index (χ0v) is 19.6. The topological polar surface area (TPSA) is 103 Å². The quantitative estimate of drug-likeness (QED) is 0.332. The second-order valence-corrected chi connectivity index (χ2v) is 9.60. The molecule has 1 aliphatic rings. The average Bonchev–Trinajstić information content (AvgIpc) is 2.93. The Morgan fingerprint density at radius 2 is 2.03 bits per heavy atom. The van der Waals surface area contributed by atoms with Gasteiger partial charge in [0.05, 0.1) is 17.9 Å². The predicted octanol–water partition coefficient (Wildman–Crippen LogP) is 3.64. The van der Waals surface area contributed by atoms with Crippen LogP contribution in [-0.2, 0) is 22.4 Å². The summed E-state index contributed by atoms with van der Waals surface area (Å²) < 4.78 is 6.64. The van der Waals surface area contributed by atoms with Crippen LogP contribution in [0.4, 0.5) is 5.00 Å². The van der Waals surface area contributed by atoms with E-state index in [2.05, 4.69) is 15.3 Å². The van der Waals surface area contributed by atoms with Crippen LogP contribution in [0.2, 0.25) is 0 Å². The number of pyridine rings is 1. The molecule has 0 bridgehead atoms. The monoisotopic (exact) mass is 472 g/mol. The largest absolute Gasteiger partial charge is 0.462 e. The van der Waals surface area contributed by atoms with Crippen molar-refractivity contribution in [3.8, 4) is 0 Å². The van der Waals surface area contributed by atoms with E-state index in [0.717, 1.165) is 59.9 Å². The molecule has 0 radical (unpaired) electrons. The van der Waals surface area contributed by atoms with Crippen molar-refractivity contribution in [2.24, 2.45) is 0 Å². The van der Waals surface area contributed by atoms with Gasteiger partial charge in [-0.1, -0.05) is 24.2 Å². The summed E-state index contributed by atoms with van der Waals surface area (Å²) in [6.45, 7) is 3.93. The summed E-state index contributed by atoms with van der Waals surface area (Å²) in [6, 6.07) is 3.60. The normalized spacial score (nSPS) is 13.4. The molecule has 0 saturated carbocycles. The second kappa shape index (κ2) is 9.83. The van der Waals surface area contributed by atoms with E-state index >= 15 is 0 Å². The molecule has 10 heteroatoms. The van der Waals surface area contributed by atoms with Crippen LogP contribution in [0.3, 0.4) is 0 Å². The predicted molar refractivity (Wildman–Crippen MR) is 125 cm³/mol. The van der Waals surface area contributed by atoms with Gasteiger partial charge < -0.3 is 10.1 Å². The number of ether oxygens (including phenoxy) is 1. The first-order chi connectivity index (χ1) is 15.5. The maximum Gasteiger partial charge on any atom is 0.355 e. The number of esters is 1. The number of amides is 1. The van der Waals surface area contributed by atoms with Crippen LogP contribution in [-0.4, -0.2) is 38.6 Å². The minimum Gasteiger partial charge on any atom is -0.462 e. The number of hydrogen-bond donors (Lipinski definition) is 1. The van der Waals surface area contributed by atoms with Crippen LogP contribution in [0.1, 0.15) is 52.5 Å². The van der Waals surface area contributed by atoms with Gasteiger partial charge in [0.1, 0.15) is 10.6 Å². The van der Waals surface area contributed by atoms with E-state index in [1.165, 1.54) is 15.7 Å². The number of rotatable bonds is 6. The number of aromatic nitrogens is 3. The first-order valence-electron chi connectivity index (χ1n) is 10.6. The van der Waals surface area contributed by atoms with Crippen molar-refractivity contribution in [3.05, 3.63) is 50.4 Å². The summed E-state index contributed by atoms with van der Waals surface area (Å²) in [6.07, 6.45) is 6.63. The summed E-state index contributed by atoms with van der Waals surface area (Å²) in [7, 11) is 0. The molecule has 3 heterocycles. The van der Waals surface area contributed by atoms with Gasteiger partial charge >= 0.3 is 11.7 Å². The van der Waals surface area contributed by atoms with Gasteiger partial charge in [0.15, 0.2) is 5.16 Å². The van der Waals surface area contributed by atoms with Gasteiger partial charge in [0.25, 0.3) is 0 Å². The molecule has 3 aromatic heterocycles. The summed E-state index contributed by atoms with van der Waals surface area (Å²) in [5, 5.41) is 3.65. The minimum absolute atomic E-state index is 0.0201. The van der Waals surface area contributed by atoms with Gasteiger partial charge in [-0.3, -0.25) is 9.20 Å². The number of anilines is 1. The van der Waals surface area contributed by atoms with E-state index in [0.29, 0.717) is 16.2 Å². The van der Waals surface area contributed by atoms with Gasteiger partial charge in [-0.15, -0.1) is 11.3 Å². The van der Waals surface area contributed by atoms with Crippen LogP contribution < -0.4 is 11.0 Å². The maximum atomic E-state index is 12.7. The number of nitrogens with zero attached hydrogens (tertiary/aromatic N) is 3.